The summed E-state index contributed by atoms with van der Waals surface area (Å²) >= 11 is 1.98. The summed E-state index contributed by atoms with van der Waals surface area (Å²) in [5.74, 6) is -0.418. The van der Waals surface area contributed by atoms with E-state index in [0.29, 0.717) is 22.6 Å². The number of hydrogen-bond donors (Lipinski definition) is 1. The van der Waals surface area contributed by atoms with Crippen molar-refractivity contribution in [2.75, 3.05) is 38.5 Å². The van der Waals surface area contributed by atoms with Crippen LogP contribution in [-0.4, -0.2) is 61.2 Å². The highest BCUT2D eigenvalue weighted by molar-refractivity contribution is 7.99. The molecule has 192 valence electrons. The lowest BCUT2D eigenvalue weighted by atomic mass is 10.1. The van der Waals surface area contributed by atoms with Gasteiger partial charge in [-0.3, -0.25) is 4.79 Å². The Kier molecular flexibility index (Phi) is 9.31. The Morgan fingerprint density at radius 1 is 1.03 bits per heavy atom. The highest BCUT2D eigenvalue weighted by Gasteiger charge is 2.27. The van der Waals surface area contributed by atoms with Crippen LogP contribution < -0.4 is 14.8 Å². The van der Waals surface area contributed by atoms with Crippen molar-refractivity contribution < 1.29 is 37.7 Å². The number of nitrogens with one attached hydrogen (secondary N) is 1. The summed E-state index contributed by atoms with van der Waals surface area (Å²) in [6.07, 6.45) is 0. The first-order chi connectivity index (χ1) is 17.3. The topological polar surface area (TPSA) is 139 Å². The third-order valence-electron chi connectivity index (χ3n) is 4.70. The van der Waals surface area contributed by atoms with Gasteiger partial charge in [0, 0.05) is 5.56 Å². The van der Waals surface area contributed by atoms with E-state index in [2.05, 4.69) is 15.5 Å². The van der Waals surface area contributed by atoms with Crippen molar-refractivity contribution >= 4 is 45.9 Å². The van der Waals surface area contributed by atoms with Gasteiger partial charge in [-0.2, -0.15) is 0 Å². The number of nitrogens with zero attached hydrogens (tertiary/aromatic N) is 2. The first-order valence-corrected chi connectivity index (χ1v) is 12.6. The quantitative estimate of drug-likeness (QED) is 0.279. The maximum absolute atomic E-state index is 12.7. The Bertz CT molecular complexity index is 1250. The number of benzene rings is 1. The number of ether oxygens (including phenoxy) is 4. The van der Waals surface area contributed by atoms with E-state index in [1.54, 1.807) is 39.0 Å². The van der Waals surface area contributed by atoms with E-state index in [1.807, 2.05) is 0 Å². The number of methoxy groups -OCH3 is 2. The van der Waals surface area contributed by atoms with Crippen molar-refractivity contribution in [1.82, 2.24) is 10.2 Å². The molecule has 11 nitrogen and oxygen atoms in total. The number of thiophene rings is 1. The normalized spacial score (nSPS) is 10.6. The molecule has 3 aromatic rings. The van der Waals surface area contributed by atoms with Crippen molar-refractivity contribution in [3.63, 3.8) is 0 Å². The summed E-state index contributed by atoms with van der Waals surface area (Å²) in [4.78, 5) is 37.6. The van der Waals surface area contributed by atoms with Gasteiger partial charge in [0.25, 0.3) is 5.22 Å². The largest absolute Gasteiger partial charge is 0.493 e. The molecule has 36 heavy (non-hydrogen) atoms. The molecule has 0 aliphatic carbocycles. The molecule has 0 unspecified atom stereocenters. The van der Waals surface area contributed by atoms with Gasteiger partial charge in [-0.1, -0.05) is 11.8 Å². The Hall–Kier alpha value is -3.58. The SMILES string of the molecule is CCOC(=O)c1sc(NC(=O)CSc2nnc(-c3ccc(OC)c(OC)c3)o2)c(C(=O)OCC)c1C. The van der Waals surface area contributed by atoms with E-state index < -0.39 is 17.8 Å². The average molecular weight is 536 g/mol. The van der Waals surface area contributed by atoms with Crippen LogP contribution in [0, 0.1) is 6.92 Å². The lowest BCUT2D eigenvalue weighted by molar-refractivity contribution is -0.113. The molecule has 0 aliphatic heterocycles. The second-order valence-corrected chi connectivity index (χ2v) is 8.93. The van der Waals surface area contributed by atoms with Gasteiger partial charge in [0.15, 0.2) is 11.5 Å². The van der Waals surface area contributed by atoms with Gasteiger partial charge >= 0.3 is 11.9 Å². The average Bonchev–Trinajstić information content (AvgIpc) is 3.47. The van der Waals surface area contributed by atoms with Gasteiger partial charge in [-0.25, -0.2) is 9.59 Å². The predicted octanol–water partition coefficient (Wildman–Crippen LogP) is 4.21. The smallest absolute Gasteiger partial charge is 0.348 e. The molecule has 2 aromatic heterocycles. The van der Waals surface area contributed by atoms with Gasteiger partial charge in [0.1, 0.15) is 9.88 Å². The lowest BCUT2D eigenvalue weighted by Gasteiger charge is -2.07. The number of carbonyl (C=O) groups excluding carboxylic acids is 3. The second-order valence-electron chi connectivity index (χ2n) is 6.98. The molecule has 3 rings (SSSR count). The minimum Gasteiger partial charge on any atom is -0.493 e. The van der Waals surface area contributed by atoms with Crippen molar-refractivity contribution in [3.8, 4) is 23.0 Å². The zero-order valence-electron chi connectivity index (χ0n) is 20.3. The van der Waals surface area contributed by atoms with Gasteiger partial charge < -0.3 is 28.7 Å². The molecular weight excluding hydrogens is 510 g/mol. The van der Waals surface area contributed by atoms with Crippen LogP contribution in [0.5, 0.6) is 11.5 Å². The van der Waals surface area contributed by atoms with Gasteiger partial charge in [0.2, 0.25) is 11.8 Å². The molecule has 0 fully saturated rings. The molecule has 0 bridgehead atoms. The summed E-state index contributed by atoms with van der Waals surface area (Å²) in [7, 11) is 3.06. The van der Waals surface area contributed by atoms with Crippen molar-refractivity contribution in [3.05, 3.63) is 34.2 Å². The second kappa shape index (κ2) is 12.4. The van der Waals surface area contributed by atoms with E-state index in [4.69, 9.17) is 23.4 Å². The van der Waals surface area contributed by atoms with Crippen molar-refractivity contribution in [1.29, 1.82) is 0 Å². The number of anilines is 1. The summed E-state index contributed by atoms with van der Waals surface area (Å²) in [5, 5.41) is 11.0. The number of hydrogen-bond acceptors (Lipinski definition) is 12. The zero-order valence-corrected chi connectivity index (χ0v) is 22.0. The highest BCUT2D eigenvalue weighted by Crippen LogP contribution is 2.35. The van der Waals surface area contributed by atoms with Crippen LogP contribution in [-0.2, 0) is 14.3 Å². The third kappa shape index (κ3) is 6.15. The van der Waals surface area contributed by atoms with Gasteiger partial charge in [0.05, 0.1) is 38.7 Å². The number of esters is 2. The first kappa shape index (κ1) is 27.0. The first-order valence-electron chi connectivity index (χ1n) is 10.8. The lowest BCUT2D eigenvalue weighted by Crippen LogP contribution is -2.16. The molecule has 1 aromatic carbocycles. The van der Waals surface area contributed by atoms with Gasteiger partial charge in [-0.05, 0) is 44.5 Å². The summed E-state index contributed by atoms with van der Waals surface area (Å²) in [5.41, 5.74) is 1.13. The maximum atomic E-state index is 12.7. The molecule has 0 saturated heterocycles. The Labute approximate surface area is 215 Å². The number of rotatable bonds is 11. The third-order valence-corrected chi connectivity index (χ3v) is 6.71. The maximum Gasteiger partial charge on any atom is 0.348 e. The van der Waals surface area contributed by atoms with Crippen LogP contribution >= 0.6 is 23.1 Å². The minimum absolute atomic E-state index is 0.0818. The molecule has 0 spiro atoms. The van der Waals surface area contributed by atoms with E-state index in [9.17, 15) is 14.4 Å². The van der Waals surface area contributed by atoms with Crippen LogP contribution in [0.15, 0.2) is 27.8 Å². The van der Waals surface area contributed by atoms with Crippen LogP contribution in [0.1, 0.15) is 39.4 Å². The number of amides is 1. The molecule has 0 radical (unpaired) electrons. The summed E-state index contributed by atoms with van der Waals surface area (Å²) in [6.45, 7) is 5.28. The van der Waals surface area contributed by atoms with E-state index in [1.165, 1.54) is 14.2 Å². The van der Waals surface area contributed by atoms with Crippen LogP contribution in [0.4, 0.5) is 5.00 Å². The molecular formula is C23H25N3O8S2. The molecule has 0 atom stereocenters. The fourth-order valence-corrected chi connectivity index (χ4v) is 4.75. The van der Waals surface area contributed by atoms with Gasteiger partial charge in [-0.15, -0.1) is 21.5 Å². The van der Waals surface area contributed by atoms with Crippen molar-refractivity contribution in [2.45, 2.75) is 26.0 Å². The van der Waals surface area contributed by atoms with Crippen LogP contribution in [0.3, 0.4) is 0 Å². The van der Waals surface area contributed by atoms with Crippen molar-refractivity contribution in [2.24, 2.45) is 0 Å². The number of thioether (sulfide) groups is 1. The zero-order chi connectivity index (χ0) is 26.2. The van der Waals surface area contributed by atoms with Crippen LogP contribution in [0.2, 0.25) is 0 Å². The Morgan fingerprint density at radius 3 is 2.39 bits per heavy atom. The Morgan fingerprint density at radius 2 is 1.72 bits per heavy atom. The number of carbonyl (C=O) groups is 3. The molecule has 13 heteroatoms. The molecule has 1 amide bonds. The molecule has 1 N–H and O–H groups in total. The standard InChI is InChI=1S/C23H25N3O8S2/c1-6-32-21(28)17-12(3)18(22(29)33-7-2)36-20(17)24-16(27)11-35-23-26-25-19(34-23)13-8-9-14(30-4)15(10-13)31-5/h8-10H,6-7,11H2,1-5H3,(H,24,27). The highest BCUT2D eigenvalue weighted by atomic mass is 32.2. The van der Waals surface area contributed by atoms with E-state index in [-0.39, 0.29) is 45.5 Å². The monoisotopic (exact) mass is 535 g/mol. The van der Waals surface area contributed by atoms with E-state index >= 15 is 0 Å². The summed E-state index contributed by atoms with van der Waals surface area (Å²) in [6, 6.07) is 5.16. The van der Waals surface area contributed by atoms with E-state index in [0.717, 1.165) is 23.1 Å². The number of aromatic nitrogens is 2. The fraction of sp³-hybridized carbons (Fsp3) is 0.348. The summed E-state index contributed by atoms with van der Waals surface area (Å²) < 4.78 is 26.3. The minimum atomic E-state index is -0.638. The predicted molar refractivity (Wildman–Crippen MR) is 133 cm³/mol. The molecule has 2 heterocycles. The Balaban J connectivity index is 1.71. The van der Waals surface area contributed by atoms with Crippen LogP contribution in [0.25, 0.3) is 11.5 Å². The fourth-order valence-electron chi connectivity index (χ4n) is 3.09. The molecule has 0 aliphatic rings. The molecule has 0 saturated carbocycles.